The van der Waals surface area contributed by atoms with Crippen molar-refractivity contribution in [3.63, 3.8) is 0 Å². The lowest BCUT2D eigenvalue weighted by atomic mass is 9.92. The van der Waals surface area contributed by atoms with Gasteiger partial charge >= 0.3 is 0 Å². The van der Waals surface area contributed by atoms with Crippen LogP contribution in [0, 0.1) is 9.49 Å². The Morgan fingerprint density at radius 1 is 1.38 bits per heavy atom. The van der Waals surface area contributed by atoms with Crippen LogP contribution in [0.5, 0.6) is 0 Å². The van der Waals surface area contributed by atoms with Gasteiger partial charge in [0.15, 0.2) is 0 Å². The van der Waals surface area contributed by atoms with Gasteiger partial charge in [-0.2, -0.15) is 0 Å². The maximum atomic E-state index is 6.15. The lowest BCUT2D eigenvalue weighted by Gasteiger charge is -2.23. The van der Waals surface area contributed by atoms with Crippen LogP contribution in [0.2, 0.25) is 5.02 Å². The van der Waals surface area contributed by atoms with E-state index in [0.29, 0.717) is 5.92 Å². The number of rotatable bonds is 3. The zero-order chi connectivity index (χ0) is 11.5. The van der Waals surface area contributed by atoms with Crippen LogP contribution in [0.1, 0.15) is 37.3 Å². The van der Waals surface area contributed by atoms with Gasteiger partial charge in [0.25, 0.3) is 0 Å². The molecular weight excluding hydrogens is 335 g/mol. The van der Waals surface area contributed by atoms with Crippen LogP contribution in [0.25, 0.3) is 0 Å². The minimum absolute atomic E-state index is 0.247. The van der Waals surface area contributed by atoms with Crippen molar-refractivity contribution < 1.29 is 0 Å². The maximum absolute atomic E-state index is 6.15. The summed E-state index contributed by atoms with van der Waals surface area (Å²) in [5, 5.41) is 0.816. The Labute approximate surface area is 115 Å². The number of hydrazine groups is 1. The first-order valence-corrected chi connectivity index (χ1v) is 7.09. The molecule has 0 bridgehead atoms. The second-order valence-corrected chi connectivity index (χ2v) is 5.93. The van der Waals surface area contributed by atoms with Gasteiger partial charge in [0, 0.05) is 9.61 Å². The highest BCUT2D eigenvalue weighted by Crippen LogP contribution is 2.36. The van der Waals surface area contributed by atoms with Gasteiger partial charge in [-0.05, 0) is 59.0 Å². The summed E-state index contributed by atoms with van der Waals surface area (Å²) < 4.78 is 1.09. The number of hydrogen-bond donors (Lipinski definition) is 2. The van der Waals surface area contributed by atoms with Crippen molar-refractivity contribution in [1.29, 1.82) is 0 Å². The Hall–Kier alpha value is 0.160. The SMILES string of the molecule is NNC(c1ccc(I)c(Cl)c1)C1CCCC1. The molecule has 1 aliphatic rings. The summed E-state index contributed by atoms with van der Waals surface area (Å²) in [6.07, 6.45) is 5.17. The number of hydrogen-bond acceptors (Lipinski definition) is 2. The molecular formula is C12H16ClIN2. The van der Waals surface area contributed by atoms with E-state index in [2.05, 4.69) is 40.1 Å². The predicted octanol–water partition coefficient (Wildman–Crippen LogP) is 3.64. The van der Waals surface area contributed by atoms with E-state index in [4.69, 9.17) is 17.4 Å². The topological polar surface area (TPSA) is 38.0 Å². The van der Waals surface area contributed by atoms with Gasteiger partial charge in [-0.15, -0.1) is 0 Å². The first-order chi connectivity index (χ1) is 7.72. The number of benzene rings is 1. The summed E-state index contributed by atoms with van der Waals surface area (Å²) >= 11 is 8.39. The molecule has 88 valence electrons. The maximum Gasteiger partial charge on any atom is 0.0542 e. The van der Waals surface area contributed by atoms with Crippen LogP contribution < -0.4 is 11.3 Å². The van der Waals surface area contributed by atoms with Gasteiger partial charge in [0.2, 0.25) is 0 Å². The summed E-state index contributed by atoms with van der Waals surface area (Å²) in [4.78, 5) is 0. The highest BCUT2D eigenvalue weighted by atomic mass is 127. The Morgan fingerprint density at radius 3 is 2.62 bits per heavy atom. The molecule has 0 radical (unpaired) electrons. The second-order valence-electron chi connectivity index (χ2n) is 4.36. The third kappa shape index (κ3) is 2.70. The molecule has 1 saturated carbocycles. The van der Waals surface area contributed by atoms with Crippen molar-refractivity contribution in [3.8, 4) is 0 Å². The third-order valence-corrected chi connectivity index (χ3v) is 4.93. The monoisotopic (exact) mass is 350 g/mol. The smallest absolute Gasteiger partial charge is 0.0542 e. The molecule has 1 aromatic rings. The molecule has 4 heteroatoms. The van der Waals surface area contributed by atoms with E-state index in [1.54, 1.807) is 0 Å². The van der Waals surface area contributed by atoms with Crippen molar-refractivity contribution in [2.24, 2.45) is 11.8 Å². The number of nitrogens with two attached hydrogens (primary N) is 1. The van der Waals surface area contributed by atoms with E-state index in [0.717, 1.165) is 8.59 Å². The van der Waals surface area contributed by atoms with Crippen molar-refractivity contribution in [2.45, 2.75) is 31.7 Å². The van der Waals surface area contributed by atoms with Crippen LogP contribution >= 0.6 is 34.2 Å². The van der Waals surface area contributed by atoms with Crippen LogP contribution in [-0.4, -0.2) is 0 Å². The van der Waals surface area contributed by atoms with E-state index in [1.165, 1.54) is 31.2 Å². The fraction of sp³-hybridized carbons (Fsp3) is 0.500. The van der Waals surface area contributed by atoms with E-state index in [-0.39, 0.29) is 6.04 Å². The van der Waals surface area contributed by atoms with Gasteiger partial charge in [0.1, 0.15) is 0 Å². The Morgan fingerprint density at radius 2 is 2.06 bits per heavy atom. The summed E-state index contributed by atoms with van der Waals surface area (Å²) in [6, 6.07) is 6.46. The van der Waals surface area contributed by atoms with Gasteiger partial charge < -0.3 is 0 Å². The molecule has 1 unspecified atom stereocenters. The molecule has 1 atom stereocenters. The third-order valence-electron chi connectivity index (χ3n) is 3.35. The standard InChI is InChI=1S/C12H16ClIN2/c13-10-7-9(5-6-11(10)14)12(16-15)8-3-1-2-4-8/h5-8,12,16H,1-4,15H2. The molecule has 16 heavy (non-hydrogen) atoms. The van der Waals surface area contributed by atoms with Gasteiger partial charge in [-0.25, -0.2) is 0 Å². The van der Waals surface area contributed by atoms with Crippen molar-refractivity contribution in [3.05, 3.63) is 32.4 Å². The zero-order valence-corrected chi connectivity index (χ0v) is 12.0. The second kappa shape index (κ2) is 5.67. The van der Waals surface area contributed by atoms with E-state index in [9.17, 15) is 0 Å². The molecule has 0 amide bonds. The fourth-order valence-electron chi connectivity index (χ4n) is 2.50. The molecule has 0 spiro atoms. The van der Waals surface area contributed by atoms with Gasteiger partial charge in [0.05, 0.1) is 5.02 Å². The normalized spacial score (nSPS) is 18.9. The predicted molar refractivity (Wildman–Crippen MR) is 76.2 cm³/mol. The van der Waals surface area contributed by atoms with E-state index < -0.39 is 0 Å². The first-order valence-electron chi connectivity index (χ1n) is 5.63. The quantitative estimate of drug-likeness (QED) is 0.496. The van der Waals surface area contributed by atoms with E-state index in [1.807, 2.05) is 6.07 Å². The molecule has 2 rings (SSSR count). The zero-order valence-electron chi connectivity index (χ0n) is 9.05. The van der Waals surface area contributed by atoms with Gasteiger partial charge in [-0.1, -0.05) is 30.5 Å². The highest BCUT2D eigenvalue weighted by Gasteiger charge is 2.25. The molecule has 1 fully saturated rings. The minimum Gasteiger partial charge on any atom is -0.271 e. The van der Waals surface area contributed by atoms with Crippen LogP contribution in [0.3, 0.4) is 0 Å². The summed E-state index contributed by atoms with van der Waals surface area (Å²) in [7, 11) is 0. The first kappa shape index (κ1) is 12.6. The average Bonchev–Trinajstić information content (AvgIpc) is 2.78. The highest BCUT2D eigenvalue weighted by molar-refractivity contribution is 14.1. The molecule has 2 nitrogen and oxygen atoms in total. The van der Waals surface area contributed by atoms with Crippen LogP contribution in [0.4, 0.5) is 0 Å². The molecule has 3 N–H and O–H groups in total. The molecule has 0 aromatic heterocycles. The Kier molecular flexibility index (Phi) is 4.47. The van der Waals surface area contributed by atoms with Crippen molar-refractivity contribution in [2.75, 3.05) is 0 Å². The lowest BCUT2D eigenvalue weighted by molar-refractivity contribution is 0.373. The average molecular weight is 351 g/mol. The summed E-state index contributed by atoms with van der Waals surface area (Å²) in [5.74, 6) is 6.33. The van der Waals surface area contributed by atoms with Crippen molar-refractivity contribution in [1.82, 2.24) is 5.43 Å². The molecule has 1 aliphatic carbocycles. The van der Waals surface area contributed by atoms with Crippen molar-refractivity contribution >= 4 is 34.2 Å². The molecule has 0 heterocycles. The van der Waals surface area contributed by atoms with Crippen LogP contribution in [0.15, 0.2) is 18.2 Å². The largest absolute Gasteiger partial charge is 0.271 e. The number of nitrogens with one attached hydrogen (secondary N) is 1. The van der Waals surface area contributed by atoms with E-state index >= 15 is 0 Å². The van der Waals surface area contributed by atoms with Gasteiger partial charge in [-0.3, -0.25) is 11.3 Å². The van der Waals surface area contributed by atoms with Crippen LogP contribution in [-0.2, 0) is 0 Å². The lowest BCUT2D eigenvalue weighted by Crippen LogP contribution is -2.32. The summed E-state index contributed by atoms with van der Waals surface area (Å²) in [5.41, 5.74) is 4.15. The summed E-state index contributed by atoms with van der Waals surface area (Å²) in [6.45, 7) is 0. The minimum atomic E-state index is 0.247. The molecule has 1 aromatic carbocycles. The Balaban J connectivity index is 2.22. The molecule has 0 aliphatic heterocycles. The number of halogens is 2. The Bertz CT molecular complexity index is 364. The fourth-order valence-corrected chi connectivity index (χ4v) is 3.03. The molecule has 0 saturated heterocycles.